The lowest BCUT2D eigenvalue weighted by molar-refractivity contribution is -0.343. The van der Waals surface area contributed by atoms with E-state index in [0.29, 0.717) is 13.3 Å². The van der Waals surface area contributed by atoms with Gasteiger partial charge in [-0.25, -0.2) is 12.8 Å². The molecular formula is C21H27F13O10S2. The Bertz CT molecular complexity index is 995. The van der Waals surface area contributed by atoms with Gasteiger partial charge in [0.2, 0.25) is 0 Å². The van der Waals surface area contributed by atoms with E-state index in [1.54, 1.807) is 0 Å². The van der Waals surface area contributed by atoms with Crippen molar-refractivity contribution in [2.45, 2.75) is 43.8 Å². The predicted octanol–water partition coefficient (Wildman–Crippen LogP) is 6.32. The third kappa shape index (κ3) is 23.8. The van der Waals surface area contributed by atoms with Crippen molar-refractivity contribution < 1.29 is 103 Å². The molecule has 0 aliphatic carbocycles. The van der Waals surface area contributed by atoms with E-state index in [1.165, 1.54) is 7.11 Å². The first-order valence-electron chi connectivity index (χ1n) is 11.4. The van der Waals surface area contributed by atoms with Gasteiger partial charge < -0.3 is 23.7 Å². The average molecular weight is 751 g/mol. The number of rotatable bonds is 19. The number of carbonyl (C=O) groups excluding carboxylic acids is 1. The highest BCUT2D eigenvalue weighted by Crippen LogP contribution is 2.37. The lowest BCUT2D eigenvalue weighted by Gasteiger charge is -2.27. The Labute approximate surface area is 257 Å². The van der Waals surface area contributed by atoms with Crippen LogP contribution in [0.2, 0.25) is 0 Å². The van der Waals surface area contributed by atoms with E-state index in [-0.39, 0.29) is 19.0 Å². The molecule has 0 N–H and O–H groups in total. The smallest absolute Gasteiger partial charge is 0.452 e. The molecule has 4 atom stereocenters. The van der Waals surface area contributed by atoms with Gasteiger partial charge in [0, 0.05) is 12.5 Å². The summed E-state index contributed by atoms with van der Waals surface area (Å²) in [5.41, 5.74) is 0. The van der Waals surface area contributed by atoms with E-state index < -0.39 is 101 Å². The molecular weight excluding hydrogens is 723 g/mol. The molecule has 0 bridgehead atoms. The van der Waals surface area contributed by atoms with Gasteiger partial charge in [-0.15, -0.1) is 0 Å². The van der Waals surface area contributed by atoms with Gasteiger partial charge in [0.15, 0.2) is 28.8 Å². The molecule has 0 amide bonds. The van der Waals surface area contributed by atoms with Gasteiger partial charge in [-0.1, -0.05) is 8.78 Å². The quantitative estimate of drug-likeness (QED) is 0.0643. The SMILES string of the molecule is C=C(F)OCC(F)(OCCS(=O)OF)C(F)(F)F.C=C(F)OCCCC(=O)OC.CC(F)=CC(F)(OCCS(=O)OF)C(F)(F)F. The van der Waals surface area contributed by atoms with Crippen LogP contribution in [0.15, 0.2) is 37.1 Å². The number of ether oxygens (including phenoxy) is 5. The molecule has 0 aliphatic rings. The number of esters is 1. The predicted molar refractivity (Wildman–Crippen MR) is 131 cm³/mol. The fourth-order valence-electron chi connectivity index (χ4n) is 1.93. The Morgan fingerprint density at radius 2 is 1.22 bits per heavy atom. The first-order chi connectivity index (χ1) is 20.9. The average Bonchev–Trinajstić information content (AvgIpc) is 2.92. The Kier molecular flexibility index (Phi) is 24.8. The molecule has 4 unspecified atom stereocenters. The van der Waals surface area contributed by atoms with Crippen LogP contribution in [0.1, 0.15) is 19.8 Å². The van der Waals surface area contributed by atoms with E-state index >= 15 is 0 Å². The van der Waals surface area contributed by atoms with Crippen molar-refractivity contribution in [3.05, 3.63) is 37.1 Å². The normalized spacial score (nSPS) is 15.8. The molecule has 0 radical (unpaired) electrons. The zero-order valence-electron chi connectivity index (χ0n) is 23.5. The van der Waals surface area contributed by atoms with Crippen LogP contribution in [0.4, 0.5) is 57.3 Å². The van der Waals surface area contributed by atoms with Gasteiger partial charge in [0.05, 0.1) is 44.3 Å². The van der Waals surface area contributed by atoms with Crippen molar-refractivity contribution >= 4 is 28.1 Å². The molecule has 0 rings (SSSR count). The number of carbonyl (C=O) groups is 1. The molecule has 0 heterocycles. The number of methoxy groups -OCH3 is 1. The van der Waals surface area contributed by atoms with E-state index in [0.717, 1.165) is 0 Å². The molecule has 10 nitrogen and oxygen atoms in total. The molecule has 0 aliphatic heterocycles. The topological polar surface area (TPSA) is 116 Å². The highest BCUT2D eigenvalue weighted by atomic mass is 32.2. The summed E-state index contributed by atoms with van der Waals surface area (Å²) in [5.74, 6) is -12.1. The third-order valence-electron chi connectivity index (χ3n) is 3.90. The lowest BCUT2D eigenvalue weighted by atomic mass is 10.2. The molecule has 274 valence electrons. The Morgan fingerprint density at radius 1 is 0.761 bits per heavy atom. The van der Waals surface area contributed by atoms with Crippen molar-refractivity contribution in [2.75, 3.05) is 45.0 Å². The van der Waals surface area contributed by atoms with Gasteiger partial charge >= 0.3 is 30.0 Å². The van der Waals surface area contributed by atoms with Gasteiger partial charge in [0.25, 0.3) is 12.0 Å². The van der Waals surface area contributed by atoms with E-state index in [9.17, 15) is 70.6 Å². The molecule has 25 heteroatoms. The first kappa shape index (κ1) is 47.9. The number of alkyl halides is 8. The highest BCUT2D eigenvalue weighted by molar-refractivity contribution is 7.80. The van der Waals surface area contributed by atoms with Crippen LogP contribution in [0.5, 0.6) is 0 Å². The van der Waals surface area contributed by atoms with Crippen LogP contribution in [-0.4, -0.2) is 83.5 Å². The van der Waals surface area contributed by atoms with Gasteiger partial charge in [-0.3, -0.25) is 4.79 Å². The van der Waals surface area contributed by atoms with Crippen LogP contribution in [0.25, 0.3) is 0 Å². The number of hydrogen-bond acceptors (Lipinski definition) is 10. The maximum absolute atomic E-state index is 13.3. The fourth-order valence-corrected chi connectivity index (χ4v) is 2.50. The summed E-state index contributed by atoms with van der Waals surface area (Å²) in [6.45, 7) is 2.10. The minimum Gasteiger partial charge on any atom is -0.471 e. The van der Waals surface area contributed by atoms with Crippen molar-refractivity contribution in [3.63, 3.8) is 0 Å². The van der Waals surface area contributed by atoms with Crippen LogP contribution < -0.4 is 0 Å². The first-order valence-corrected chi connectivity index (χ1v) is 13.9. The summed E-state index contributed by atoms with van der Waals surface area (Å²) in [6.07, 6.45) is -10.8. The minimum absolute atomic E-state index is 0.157. The largest absolute Gasteiger partial charge is 0.471 e. The molecule has 0 saturated carbocycles. The van der Waals surface area contributed by atoms with Crippen molar-refractivity contribution in [1.82, 2.24) is 0 Å². The van der Waals surface area contributed by atoms with Crippen molar-refractivity contribution in [2.24, 2.45) is 0 Å². The van der Waals surface area contributed by atoms with Crippen LogP contribution in [0.3, 0.4) is 0 Å². The second kappa shape index (κ2) is 23.8. The van der Waals surface area contributed by atoms with E-state index in [1.807, 2.05) is 0 Å². The highest BCUT2D eigenvalue weighted by Gasteiger charge is 2.59. The van der Waals surface area contributed by atoms with Crippen molar-refractivity contribution in [3.8, 4) is 0 Å². The summed E-state index contributed by atoms with van der Waals surface area (Å²) in [7, 11) is 1.30. The van der Waals surface area contributed by atoms with E-state index in [2.05, 4.69) is 45.6 Å². The lowest BCUT2D eigenvalue weighted by Crippen LogP contribution is -2.48. The summed E-state index contributed by atoms with van der Waals surface area (Å²) in [6, 6.07) is -2.46. The van der Waals surface area contributed by atoms with Crippen LogP contribution in [-0.2, 0) is 59.4 Å². The summed E-state index contributed by atoms with van der Waals surface area (Å²) in [5, 5.41) is 0. The summed E-state index contributed by atoms with van der Waals surface area (Å²) >= 11 is -5.10. The van der Waals surface area contributed by atoms with Crippen molar-refractivity contribution in [1.29, 1.82) is 0 Å². The Balaban J connectivity index is -0.000000621. The third-order valence-corrected chi connectivity index (χ3v) is 5.18. The zero-order valence-corrected chi connectivity index (χ0v) is 25.1. The molecule has 0 saturated heterocycles. The summed E-state index contributed by atoms with van der Waals surface area (Å²) in [4.78, 5) is 10.5. The number of hydrogen-bond donors (Lipinski definition) is 0. The number of halogens is 13. The Morgan fingerprint density at radius 3 is 1.57 bits per heavy atom. The molecule has 0 aromatic carbocycles. The molecule has 0 fully saturated rings. The standard InChI is InChI=1S/C7H8F6O4S.C7H8F6O3S.C7H11FO3/c1-5(8)15-4-6(9,7(10,11)12)16-2-3-18(14)17-13;1-5(8)4-6(9,7(10,11)12)15-2-3-17(14)16-13;1-6(8)11-5-3-4-7(9)10-2/h1-4H2;4H,2-3H2,1H3;1,3-5H2,2H3. The van der Waals surface area contributed by atoms with Crippen LogP contribution in [0, 0.1) is 0 Å². The van der Waals surface area contributed by atoms with Crippen LogP contribution >= 0.6 is 0 Å². The fraction of sp³-hybridized carbons (Fsp3) is 0.667. The van der Waals surface area contributed by atoms with Gasteiger partial charge in [0.1, 0.15) is 0 Å². The summed E-state index contributed by atoms with van der Waals surface area (Å²) < 4.78 is 204. The van der Waals surface area contributed by atoms with Gasteiger partial charge in [-0.05, 0) is 35.6 Å². The second-order valence-corrected chi connectivity index (χ2v) is 9.75. The zero-order chi connectivity index (χ0) is 36.8. The maximum Gasteiger partial charge on any atom is 0.452 e. The van der Waals surface area contributed by atoms with E-state index in [4.69, 9.17) is 0 Å². The molecule has 0 aromatic heterocycles. The van der Waals surface area contributed by atoms with Gasteiger partial charge in [-0.2, -0.15) is 43.9 Å². The minimum atomic E-state index is -5.53. The molecule has 0 aromatic rings. The molecule has 46 heavy (non-hydrogen) atoms. The Hall–Kier alpha value is -2.48. The monoisotopic (exact) mass is 750 g/mol. The molecule has 0 spiro atoms. The second-order valence-electron chi connectivity index (χ2n) is 7.47. The number of allylic oxidation sites excluding steroid dienone is 1. The maximum atomic E-state index is 13.3.